The summed E-state index contributed by atoms with van der Waals surface area (Å²) in [6.45, 7) is 25.3. The van der Waals surface area contributed by atoms with Gasteiger partial charge in [0.05, 0.1) is 114 Å². The molecule has 0 unspecified atom stereocenters. The molecule has 0 saturated heterocycles. The van der Waals surface area contributed by atoms with Crippen LogP contribution in [0.25, 0.3) is 22.7 Å². The minimum absolute atomic E-state index is 0.0657. The van der Waals surface area contributed by atoms with E-state index in [-0.39, 0.29) is 48.1 Å². The normalized spacial score (nSPS) is 11.9. The average Bonchev–Trinajstić information content (AvgIpc) is 0.921. The van der Waals surface area contributed by atoms with Gasteiger partial charge in [0.1, 0.15) is 18.2 Å². The molecule has 22 nitrogen and oxygen atoms in total. The van der Waals surface area contributed by atoms with Crippen molar-refractivity contribution in [1.29, 1.82) is 15.8 Å². The lowest BCUT2D eigenvalue weighted by Crippen LogP contribution is -2.30. The van der Waals surface area contributed by atoms with Gasteiger partial charge in [-0.25, -0.2) is 19.9 Å². The Hall–Kier alpha value is -15.0. The van der Waals surface area contributed by atoms with Gasteiger partial charge in [0.2, 0.25) is 0 Å². The maximum atomic E-state index is 13.4. The second-order valence-corrected chi connectivity index (χ2v) is 33.9. The molecule has 0 bridgehead atoms. The van der Waals surface area contributed by atoms with Crippen LogP contribution in [0.2, 0.25) is 5.02 Å². The number of benzene rings is 8. The van der Waals surface area contributed by atoms with E-state index in [0.29, 0.717) is 69.7 Å². The molecule has 16 rings (SSSR count). The van der Waals surface area contributed by atoms with Crippen molar-refractivity contribution >= 4 is 11.6 Å². The summed E-state index contributed by atoms with van der Waals surface area (Å²) in [6.07, 6.45) is 23.1. The smallest absolute Gasteiger partial charge is 0.254 e. The maximum absolute atomic E-state index is 13.4. The van der Waals surface area contributed by atoms with Crippen LogP contribution < -0.4 is 22.2 Å². The van der Waals surface area contributed by atoms with Crippen LogP contribution in [-0.2, 0) is 25.7 Å². The number of pyridine rings is 4. The molecule has 0 aliphatic carbocycles. The Balaban J connectivity index is 0.000000148. The van der Waals surface area contributed by atoms with Crippen molar-refractivity contribution in [1.82, 2.24) is 56.5 Å². The van der Waals surface area contributed by atoms with Gasteiger partial charge in [-0.05, 0) is 205 Å². The molecule has 4 atom stereocenters. The molecule has 0 fully saturated rings. The SMILES string of the molecule is Cc1ccc([C@H](C)n2cc(C#N)cc(Cc3ccc(-n4cnc(C)c4)c(C)c3)c2=O)cc1.Cc1ccc([C@H](CO)n2cc(C#N)cc(Cc3ccc(-n4cnc(C)c4)c(C)c3)c2=O)cc1.Cc1cccc([C@H](CO)n2cc(C#N)cc(Cc3ccc(-n4cnc(C)c4)c(C)c3)c2=O)c1.Cc1cccc([C@H](CO)n2cc(Cl)cc(Cc3ccc(-n4cnc(C)c4)c(C)c3)c2=O)c1. The Morgan fingerprint density at radius 1 is 0.315 bits per heavy atom. The number of aliphatic hydroxyl groups excluding tert-OH is 3. The predicted molar refractivity (Wildman–Crippen MR) is 510 cm³/mol. The zero-order valence-electron chi connectivity index (χ0n) is 75.2. The van der Waals surface area contributed by atoms with Crippen molar-refractivity contribution in [2.75, 3.05) is 19.8 Å². The number of halogens is 1. The highest BCUT2D eigenvalue weighted by atomic mass is 35.5. The molecule has 130 heavy (non-hydrogen) atoms. The molecule has 0 aliphatic heterocycles. The Labute approximate surface area is 761 Å². The van der Waals surface area contributed by atoms with Crippen LogP contribution in [0.5, 0.6) is 0 Å². The van der Waals surface area contributed by atoms with E-state index in [4.69, 9.17) is 11.6 Å². The van der Waals surface area contributed by atoms with Crippen LogP contribution in [-0.4, -0.2) is 91.6 Å². The summed E-state index contributed by atoms with van der Waals surface area (Å²) < 4.78 is 14.1. The molecular weight excluding hydrogens is 1640 g/mol. The molecule has 0 spiro atoms. The second kappa shape index (κ2) is 41.7. The van der Waals surface area contributed by atoms with E-state index in [1.807, 2.05) is 272 Å². The third kappa shape index (κ3) is 22.2. The lowest BCUT2D eigenvalue weighted by Gasteiger charge is -2.20. The molecule has 0 radical (unpaired) electrons. The first-order chi connectivity index (χ1) is 62.5. The third-order valence-electron chi connectivity index (χ3n) is 23.2. The van der Waals surface area contributed by atoms with Crippen molar-refractivity contribution < 1.29 is 15.3 Å². The number of aliphatic hydroxyl groups is 3. The number of aryl methyl sites for hydroxylation is 12. The van der Waals surface area contributed by atoms with Crippen LogP contribution >= 0.6 is 11.6 Å². The van der Waals surface area contributed by atoms with E-state index in [2.05, 4.69) is 69.3 Å². The molecule has 8 aromatic heterocycles. The molecule has 0 saturated carbocycles. The van der Waals surface area contributed by atoms with Crippen LogP contribution in [0.3, 0.4) is 0 Å². The van der Waals surface area contributed by atoms with E-state index in [0.717, 1.165) is 129 Å². The Bertz CT molecular complexity index is 7200. The lowest BCUT2D eigenvalue weighted by molar-refractivity contribution is 0.246. The molecule has 8 aromatic carbocycles. The van der Waals surface area contributed by atoms with Gasteiger partial charge in [-0.15, -0.1) is 0 Å². The summed E-state index contributed by atoms with van der Waals surface area (Å²) in [5.41, 5.74) is 27.1. The van der Waals surface area contributed by atoms with Crippen molar-refractivity contribution in [2.24, 2.45) is 0 Å². The number of rotatable bonds is 23. The first-order valence-electron chi connectivity index (χ1n) is 42.9. The zero-order valence-corrected chi connectivity index (χ0v) is 76.0. The molecule has 3 N–H and O–H groups in total. The van der Waals surface area contributed by atoms with Crippen molar-refractivity contribution in [3.8, 4) is 41.0 Å². The summed E-state index contributed by atoms with van der Waals surface area (Å²) in [5, 5.41) is 59.5. The maximum Gasteiger partial charge on any atom is 0.254 e. The van der Waals surface area contributed by atoms with E-state index in [1.54, 1.807) is 71.1 Å². The molecule has 23 heteroatoms. The van der Waals surface area contributed by atoms with Gasteiger partial charge in [-0.3, -0.25) is 19.2 Å². The number of hydrogen-bond donors (Lipinski definition) is 3. The Morgan fingerprint density at radius 3 is 0.885 bits per heavy atom. The molecule has 16 aromatic rings. The summed E-state index contributed by atoms with van der Waals surface area (Å²) in [4.78, 5) is 70.6. The van der Waals surface area contributed by atoms with Gasteiger partial charge >= 0.3 is 0 Å². The highest BCUT2D eigenvalue weighted by Gasteiger charge is 2.24. The topological polar surface area (TPSA) is 291 Å². The number of nitrogens with zero attached hydrogens (tertiary/aromatic N) is 15. The average molecular weight is 1750 g/mol. The highest BCUT2D eigenvalue weighted by molar-refractivity contribution is 6.30. The van der Waals surface area contributed by atoms with Crippen LogP contribution in [0.15, 0.2) is 288 Å². The lowest BCUT2D eigenvalue weighted by atomic mass is 10.0. The first kappa shape index (κ1) is 92.7. The van der Waals surface area contributed by atoms with E-state index in [9.17, 15) is 50.3 Å². The number of hydrogen-bond acceptors (Lipinski definition) is 14. The third-order valence-corrected chi connectivity index (χ3v) is 23.4. The van der Waals surface area contributed by atoms with Crippen molar-refractivity contribution in [3.63, 3.8) is 0 Å². The number of imidazole rings is 4. The van der Waals surface area contributed by atoms with E-state index >= 15 is 0 Å². The fraction of sp³-hybridized carbons (Fsp3) is 0.224. The number of aromatic nitrogens is 12. The van der Waals surface area contributed by atoms with Gasteiger partial charge in [-0.2, -0.15) is 15.8 Å². The molecular formula is C107H104ClN15O7. The van der Waals surface area contributed by atoms with Gasteiger partial charge in [0.15, 0.2) is 0 Å². The van der Waals surface area contributed by atoms with Gasteiger partial charge in [0.25, 0.3) is 22.2 Å². The van der Waals surface area contributed by atoms with Crippen LogP contribution in [0.4, 0.5) is 0 Å². The summed E-state index contributed by atoms with van der Waals surface area (Å²) in [5.74, 6) is 0. The zero-order chi connectivity index (χ0) is 92.7. The summed E-state index contributed by atoms with van der Waals surface area (Å²) in [6, 6.07) is 67.3. The monoisotopic (exact) mass is 1750 g/mol. The summed E-state index contributed by atoms with van der Waals surface area (Å²) in [7, 11) is 0. The van der Waals surface area contributed by atoms with Gasteiger partial charge in [0, 0.05) is 120 Å². The fourth-order valence-corrected chi connectivity index (χ4v) is 16.7. The minimum atomic E-state index is -0.557. The molecule has 656 valence electrons. The minimum Gasteiger partial charge on any atom is -0.394 e. The van der Waals surface area contributed by atoms with Gasteiger partial charge < -0.3 is 51.9 Å². The predicted octanol–water partition coefficient (Wildman–Crippen LogP) is 17.8. The quantitative estimate of drug-likeness (QED) is 0.0537. The number of nitriles is 3. The molecule has 8 heterocycles. The highest BCUT2D eigenvalue weighted by Crippen LogP contribution is 2.29. The summed E-state index contributed by atoms with van der Waals surface area (Å²) >= 11 is 6.40. The van der Waals surface area contributed by atoms with Crippen molar-refractivity contribution in [2.45, 2.75) is 140 Å². The Morgan fingerprint density at radius 2 is 0.600 bits per heavy atom. The van der Waals surface area contributed by atoms with Crippen molar-refractivity contribution in [3.05, 3.63) is 466 Å². The fourth-order valence-electron chi connectivity index (χ4n) is 16.4. The largest absolute Gasteiger partial charge is 0.394 e. The first-order valence-corrected chi connectivity index (χ1v) is 43.2. The van der Waals surface area contributed by atoms with Crippen LogP contribution in [0, 0.1) is 117 Å². The molecule has 0 amide bonds. The second-order valence-electron chi connectivity index (χ2n) is 33.4. The van der Waals surface area contributed by atoms with E-state index in [1.165, 1.54) is 27.1 Å². The van der Waals surface area contributed by atoms with Gasteiger partial charge in [-0.1, -0.05) is 179 Å². The Kier molecular flexibility index (Phi) is 29.7. The molecule has 0 aliphatic rings. The van der Waals surface area contributed by atoms with Crippen LogP contribution in [0.1, 0.15) is 182 Å². The standard InChI is InChI=1S/2C27H26N4O2.C27H26N4O.C26H26ClN3O2/c1-18-4-7-23(8-5-18)26(16-32)31-15-22(13-28)12-24(27(31)33)11-21-6-9-25(19(2)10-21)30-14-20(3)29-17-30;1-18-5-4-6-23(9-18)26(16-32)31-15-22(13-28)12-24(27(31)33)11-21-7-8-25(19(2)10-21)30-14-20(3)29-17-30;1-18-5-8-24(9-6-18)21(4)31-16-23(14-28)13-25(27(31)32)12-22-7-10-26(19(2)11-22)30-15-20(3)29-17-30;1-17-5-4-6-21(9-17)25(15-31)30-14-23(27)12-22(26(30)32)11-20-7-8-24(18(2)10-20)29-13-19(3)28-16-29/h2*4-10,12,14-15,17,26,32H,11,16H2,1-3H3;5-11,13,15-17,21H,12H2,1-4H3;4-10,12-14,16,25,31H,11,15H2,1-3H3/t2*26-;21-;25-/m0000/s1. The van der Waals surface area contributed by atoms with E-state index < -0.39 is 18.1 Å².